The molecular formula is C17H14N4. The Kier molecular flexibility index (Phi) is 3.48. The van der Waals surface area contributed by atoms with E-state index in [2.05, 4.69) is 20.9 Å². The summed E-state index contributed by atoms with van der Waals surface area (Å²) in [6, 6.07) is 14.0. The molecule has 0 aliphatic carbocycles. The van der Waals surface area contributed by atoms with E-state index in [0.717, 1.165) is 22.2 Å². The number of rotatable bonds is 3. The monoisotopic (exact) mass is 274 g/mol. The smallest absolute Gasteiger partial charge is 0.103 e. The minimum Gasteiger partial charge on any atom is -0.369 e. The van der Waals surface area contributed by atoms with E-state index in [-0.39, 0.29) is 0 Å². The van der Waals surface area contributed by atoms with Crippen molar-refractivity contribution < 1.29 is 0 Å². The molecule has 0 atom stereocenters. The predicted octanol–water partition coefficient (Wildman–Crippen LogP) is 3.14. The first-order valence-corrected chi connectivity index (χ1v) is 6.67. The molecule has 4 heteroatoms. The molecular weight excluding hydrogens is 260 g/mol. The lowest BCUT2D eigenvalue weighted by Crippen LogP contribution is -2.18. The third-order valence-corrected chi connectivity index (χ3v) is 3.39. The van der Waals surface area contributed by atoms with Crippen LogP contribution in [0, 0.1) is 11.3 Å². The van der Waals surface area contributed by atoms with Crippen LogP contribution in [0.25, 0.3) is 10.9 Å². The molecule has 0 fully saturated rings. The minimum atomic E-state index is 0.583. The molecule has 4 nitrogen and oxygen atoms in total. The number of para-hydroxylation sites is 1. The summed E-state index contributed by atoms with van der Waals surface area (Å²) < 4.78 is 0. The van der Waals surface area contributed by atoms with Crippen LogP contribution < -0.4 is 4.90 Å². The fraction of sp³-hybridized carbons (Fsp3) is 0.118. The van der Waals surface area contributed by atoms with Crippen molar-refractivity contribution in [3.05, 3.63) is 66.1 Å². The van der Waals surface area contributed by atoms with Crippen molar-refractivity contribution in [1.82, 2.24) is 9.97 Å². The molecule has 21 heavy (non-hydrogen) atoms. The zero-order valence-corrected chi connectivity index (χ0v) is 11.7. The zero-order valence-electron chi connectivity index (χ0n) is 11.7. The molecule has 0 unspecified atom stereocenters. The highest BCUT2D eigenvalue weighted by atomic mass is 15.1. The molecule has 1 aromatic carbocycles. The number of nitriles is 1. The Labute approximate surface area is 123 Å². The van der Waals surface area contributed by atoms with Crippen LogP contribution in [0.3, 0.4) is 0 Å². The van der Waals surface area contributed by atoms with Gasteiger partial charge in [-0.25, -0.2) is 0 Å². The van der Waals surface area contributed by atoms with Crippen molar-refractivity contribution >= 4 is 16.6 Å². The molecule has 0 amide bonds. The van der Waals surface area contributed by atoms with Gasteiger partial charge in [-0.1, -0.05) is 24.3 Å². The van der Waals surface area contributed by atoms with Crippen molar-refractivity contribution in [2.24, 2.45) is 0 Å². The Morgan fingerprint density at radius 2 is 2.00 bits per heavy atom. The molecule has 0 aliphatic rings. The van der Waals surface area contributed by atoms with Crippen LogP contribution in [0.5, 0.6) is 0 Å². The lowest BCUT2D eigenvalue weighted by Gasteiger charge is -2.22. The van der Waals surface area contributed by atoms with Crippen LogP contribution in [0.4, 0.5) is 5.69 Å². The molecule has 0 aliphatic heterocycles. The average molecular weight is 274 g/mol. The number of nitrogens with zero attached hydrogens (tertiary/aromatic N) is 4. The van der Waals surface area contributed by atoms with Gasteiger partial charge in [-0.05, 0) is 17.7 Å². The number of fused-ring (bicyclic) bond motifs is 1. The summed E-state index contributed by atoms with van der Waals surface area (Å²) >= 11 is 0. The van der Waals surface area contributed by atoms with Crippen LogP contribution in [-0.2, 0) is 6.54 Å². The van der Waals surface area contributed by atoms with Crippen LogP contribution in [0.15, 0.2) is 55.0 Å². The summed E-state index contributed by atoms with van der Waals surface area (Å²) in [6.07, 6.45) is 5.23. The third-order valence-electron chi connectivity index (χ3n) is 3.39. The van der Waals surface area contributed by atoms with Crippen LogP contribution in [0.2, 0.25) is 0 Å². The van der Waals surface area contributed by atoms with Crippen LogP contribution in [0.1, 0.15) is 11.1 Å². The second-order valence-corrected chi connectivity index (χ2v) is 4.87. The van der Waals surface area contributed by atoms with Crippen molar-refractivity contribution in [3.8, 4) is 6.07 Å². The highest BCUT2D eigenvalue weighted by Crippen LogP contribution is 2.29. The molecule has 0 N–H and O–H groups in total. The third kappa shape index (κ3) is 2.54. The standard InChI is InChI=1S/C17H14N4/c1-21(12-13-5-4-8-19-10-13)17-14(9-18)11-20-16-7-3-2-6-15(16)17/h2-8,10-11H,12H2,1H3. The van der Waals surface area contributed by atoms with E-state index in [1.807, 2.05) is 49.6 Å². The van der Waals surface area contributed by atoms with Gasteiger partial charge in [-0.2, -0.15) is 5.26 Å². The Balaban J connectivity index is 2.08. The Morgan fingerprint density at radius 3 is 2.76 bits per heavy atom. The molecule has 0 saturated carbocycles. The van der Waals surface area contributed by atoms with Gasteiger partial charge in [0.1, 0.15) is 6.07 Å². The van der Waals surface area contributed by atoms with E-state index in [1.165, 1.54) is 0 Å². The van der Waals surface area contributed by atoms with Crippen molar-refractivity contribution in [1.29, 1.82) is 5.26 Å². The molecule has 2 aromatic heterocycles. The fourth-order valence-corrected chi connectivity index (χ4v) is 2.46. The molecule has 102 valence electrons. The highest BCUT2D eigenvalue weighted by molar-refractivity contribution is 5.94. The lowest BCUT2D eigenvalue weighted by atomic mass is 10.1. The summed E-state index contributed by atoms with van der Waals surface area (Å²) in [7, 11) is 1.98. The zero-order chi connectivity index (χ0) is 14.7. The second kappa shape index (κ2) is 5.59. The first kappa shape index (κ1) is 13.1. The maximum absolute atomic E-state index is 9.36. The summed E-state index contributed by atoms with van der Waals surface area (Å²) in [4.78, 5) is 10.5. The minimum absolute atomic E-state index is 0.583. The van der Waals surface area contributed by atoms with E-state index in [1.54, 1.807) is 12.4 Å². The van der Waals surface area contributed by atoms with Crippen LogP contribution >= 0.6 is 0 Å². The van der Waals surface area contributed by atoms with E-state index >= 15 is 0 Å². The largest absolute Gasteiger partial charge is 0.369 e. The quantitative estimate of drug-likeness (QED) is 0.736. The molecule has 0 spiro atoms. The average Bonchev–Trinajstić information content (AvgIpc) is 2.54. The Bertz CT molecular complexity index is 806. The highest BCUT2D eigenvalue weighted by Gasteiger charge is 2.13. The number of aromatic nitrogens is 2. The molecule has 3 rings (SSSR count). The molecule has 2 heterocycles. The van der Waals surface area contributed by atoms with E-state index in [9.17, 15) is 5.26 Å². The number of pyridine rings is 2. The Hall–Kier alpha value is -2.93. The predicted molar refractivity (Wildman–Crippen MR) is 82.8 cm³/mol. The first-order chi connectivity index (χ1) is 10.3. The summed E-state index contributed by atoms with van der Waals surface area (Å²) in [5.41, 5.74) is 3.49. The lowest BCUT2D eigenvalue weighted by molar-refractivity contribution is 0.916. The van der Waals surface area contributed by atoms with Crippen molar-refractivity contribution in [3.63, 3.8) is 0 Å². The van der Waals surface area contributed by atoms with Gasteiger partial charge in [0, 0.05) is 37.6 Å². The molecule has 0 radical (unpaired) electrons. The summed E-state index contributed by atoms with van der Waals surface area (Å²) in [5, 5.41) is 10.4. The fourth-order valence-electron chi connectivity index (χ4n) is 2.46. The maximum atomic E-state index is 9.36. The second-order valence-electron chi connectivity index (χ2n) is 4.87. The van der Waals surface area contributed by atoms with Gasteiger partial charge in [0.15, 0.2) is 0 Å². The van der Waals surface area contributed by atoms with E-state index in [0.29, 0.717) is 12.1 Å². The topological polar surface area (TPSA) is 52.8 Å². The number of hydrogen-bond acceptors (Lipinski definition) is 4. The molecule has 3 aromatic rings. The van der Waals surface area contributed by atoms with Gasteiger partial charge >= 0.3 is 0 Å². The maximum Gasteiger partial charge on any atom is 0.103 e. The Morgan fingerprint density at radius 1 is 1.14 bits per heavy atom. The van der Waals surface area contributed by atoms with E-state index < -0.39 is 0 Å². The normalized spacial score (nSPS) is 10.3. The number of anilines is 1. The van der Waals surface area contributed by atoms with Gasteiger partial charge in [0.2, 0.25) is 0 Å². The van der Waals surface area contributed by atoms with Crippen LogP contribution in [-0.4, -0.2) is 17.0 Å². The van der Waals surface area contributed by atoms with Crippen molar-refractivity contribution in [2.45, 2.75) is 6.54 Å². The first-order valence-electron chi connectivity index (χ1n) is 6.67. The van der Waals surface area contributed by atoms with Crippen molar-refractivity contribution in [2.75, 3.05) is 11.9 Å². The summed E-state index contributed by atoms with van der Waals surface area (Å²) in [5.74, 6) is 0. The van der Waals surface area contributed by atoms with Gasteiger partial charge in [-0.15, -0.1) is 0 Å². The van der Waals surface area contributed by atoms with Gasteiger partial charge in [0.05, 0.1) is 16.8 Å². The van der Waals surface area contributed by atoms with E-state index in [4.69, 9.17) is 0 Å². The molecule has 0 bridgehead atoms. The summed E-state index contributed by atoms with van der Waals surface area (Å²) in [6.45, 7) is 0.691. The number of hydrogen-bond donors (Lipinski definition) is 0. The molecule has 0 saturated heterocycles. The number of benzene rings is 1. The van der Waals surface area contributed by atoms with Gasteiger partial charge < -0.3 is 4.90 Å². The SMILES string of the molecule is CN(Cc1cccnc1)c1c(C#N)cnc2ccccc12. The van der Waals surface area contributed by atoms with Gasteiger partial charge in [-0.3, -0.25) is 9.97 Å². The van der Waals surface area contributed by atoms with Gasteiger partial charge in [0.25, 0.3) is 0 Å².